The van der Waals surface area contributed by atoms with Crippen molar-refractivity contribution >= 4 is 11.9 Å². The molecule has 0 aliphatic heterocycles. The van der Waals surface area contributed by atoms with Gasteiger partial charge in [-0.25, -0.2) is 0 Å². The van der Waals surface area contributed by atoms with Crippen molar-refractivity contribution in [3.63, 3.8) is 0 Å². The van der Waals surface area contributed by atoms with Gasteiger partial charge in [0.15, 0.2) is 0 Å². The normalized spacial score (nSPS) is 10.0. The zero-order chi connectivity index (χ0) is 17.9. The van der Waals surface area contributed by atoms with Crippen LogP contribution in [0.15, 0.2) is 0 Å². The van der Waals surface area contributed by atoms with Crippen LogP contribution in [0.3, 0.4) is 0 Å². The second-order valence-electron chi connectivity index (χ2n) is 6.18. The first-order valence-electron chi connectivity index (χ1n) is 9.29. The van der Waals surface area contributed by atoms with Gasteiger partial charge in [-0.1, -0.05) is 53.9 Å². The van der Waals surface area contributed by atoms with Crippen molar-refractivity contribution in [3.8, 4) is 0 Å². The van der Waals surface area contributed by atoms with Gasteiger partial charge in [0.05, 0.1) is 13.2 Å². The molecule has 0 aromatic rings. The van der Waals surface area contributed by atoms with Crippen LogP contribution in [-0.4, -0.2) is 25.2 Å². The van der Waals surface area contributed by atoms with Gasteiger partial charge in [-0.2, -0.15) is 0 Å². The summed E-state index contributed by atoms with van der Waals surface area (Å²) in [4.78, 5) is 21.7. The summed E-state index contributed by atoms with van der Waals surface area (Å²) in [5.74, 6) is 0.506. The summed E-state index contributed by atoms with van der Waals surface area (Å²) < 4.78 is 9.94. The highest BCUT2D eigenvalue weighted by atomic mass is 16.5. The molecule has 0 aromatic heterocycles. The third-order valence-corrected chi connectivity index (χ3v) is 3.13. The summed E-state index contributed by atoms with van der Waals surface area (Å²) in [6.07, 6.45) is 8.50. The van der Waals surface area contributed by atoms with Crippen molar-refractivity contribution in [2.75, 3.05) is 13.2 Å². The average molecular weight is 331 g/mol. The molecule has 138 valence electrons. The zero-order valence-corrected chi connectivity index (χ0v) is 16.0. The van der Waals surface area contributed by atoms with Crippen molar-refractivity contribution in [2.45, 2.75) is 92.4 Å². The van der Waals surface area contributed by atoms with E-state index < -0.39 is 0 Å². The molecule has 0 saturated heterocycles. The van der Waals surface area contributed by atoms with Gasteiger partial charge in [0.2, 0.25) is 0 Å². The Morgan fingerprint density at radius 3 is 1.70 bits per heavy atom. The lowest BCUT2D eigenvalue weighted by Gasteiger charge is -2.05. The smallest absolute Gasteiger partial charge is 0.305 e. The molecule has 4 heteroatoms. The summed E-state index contributed by atoms with van der Waals surface area (Å²) in [5, 5.41) is 0. The van der Waals surface area contributed by atoms with Crippen molar-refractivity contribution in [3.05, 3.63) is 0 Å². The molecule has 0 amide bonds. The number of rotatable bonds is 12. The first-order chi connectivity index (χ1) is 11.0. The number of esters is 2. The number of hydrogen-bond donors (Lipinski definition) is 0. The molecular weight excluding hydrogens is 292 g/mol. The number of carbonyl (C=O) groups excluding carboxylic acids is 2. The van der Waals surface area contributed by atoms with Gasteiger partial charge in [0.1, 0.15) is 0 Å². The van der Waals surface area contributed by atoms with Gasteiger partial charge in [-0.05, 0) is 31.6 Å². The number of ether oxygens (including phenoxy) is 2. The fourth-order valence-electron chi connectivity index (χ4n) is 1.68. The Morgan fingerprint density at radius 1 is 0.739 bits per heavy atom. The fourth-order valence-corrected chi connectivity index (χ4v) is 1.68. The second kappa shape index (κ2) is 19.0. The maximum atomic E-state index is 10.9. The van der Waals surface area contributed by atoms with E-state index in [-0.39, 0.29) is 11.9 Å². The first kappa shape index (κ1) is 24.2. The van der Waals surface area contributed by atoms with E-state index in [1.807, 2.05) is 13.8 Å². The maximum Gasteiger partial charge on any atom is 0.305 e. The summed E-state index contributed by atoms with van der Waals surface area (Å²) in [5.41, 5.74) is 0. The van der Waals surface area contributed by atoms with E-state index in [1.165, 1.54) is 19.3 Å². The van der Waals surface area contributed by atoms with Gasteiger partial charge in [-0.3, -0.25) is 9.59 Å². The average Bonchev–Trinajstić information content (AvgIpc) is 2.48. The van der Waals surface area contributed by atoms with E-state index in [2.05, 4.69) is 20.8 Å². The van der Waals surface area contributed by atoms with Crippen LogP contribution in [0.4, 0.5) is 0 Å². The summed E-state index contributed by atoms with van der Waals surface area (Å²) in [6.45, 7) is 11.6. The SMILES string of the molecule is CCCC(=O)OCCC(C)C.CCCCCCOC(=O)CCC. The molecule has 4 nitrogen and oxygen atoms in total. The quantitative estimate of drug-likeness (QED) is 0.360. The lowest BCUT2D eigenvalue weighted by Crippen LogP contribution is -2.06. The summed E-state index contributed by atoms with van der Waals surface area (Å²) >= 11 is 0. The predicted octanol–water partition coefficient (Wildman–Crippen LogP) is 5.29. The molecule has 0 fully saturated rings. The number of carbonyl (C=O) groups is 2. The topological polar surface area (TPSA) is 52.6 Å². The Balaban J connectivity index is 0. The minimum absolute atomic E-state index is 0.0472. The van der Waals surface area contributed by atoms with Crippen LogP contribution in [0.25, 0.3) is 0 Å². The molecule has 0 bridgehead atoms. The molecule has 0 unspecified atom stereocenters. The molecule has 0 aromatic carbocycles. The van der Waals surface area contributed by atoms with Crippen LogP contribution < -0.4 is 0 Å². The van der Waals surface area contributed by atoms with Gasteiger partial charge in [0.25, 0.3) is 0 Å². The van der Waals surface area contributed by atoms with Crippen LogP contribution >= 0.6 is 0 Å². The minimum atomic E-state index is -0.0619. The summed E-state index contributed by atoms with van der Waals surface area (Å²) in [7, 11) is 0. The zero-order valence-electron chi connectivity index (χ0n) is 16.0. The van der Waals surface area contributed by atoms with E-state index >= 15 is 0 Å². The van der Waals surface area contributed by atoms with Crippen LogP contribution in [0.2, 0.25) is 0 Å². The van der Waals surface area contributed by atoms with Gasteiger partial charge in [0, 0.05) is 12.8 Å². The number of hydrogen-bond acceptors (Lipinski definition) is 4. The van der Waals surface area contributed by atoms with Gasteiger partial charge < -0.3 is 9.47 Å². The van der Waals surface area contributed by atoms with Crippen molar-refractivity contribution < 1.29 is 19.1 Å². The Bertz CT molecular complexity index is 275. The molecule has 0 atom stereocenters. The summed E-state index contributed by atoms with van der Waals surface area (Å²) in [6, 6.07) is 0. The predicted molar refractivity (Wildman–Crippen MR) is 95.3 cm³/mol. The van der Waals surface area contributed by atoms with Crippen molar-refractivity contribution in [1.82, 2.24) is 0 Å². The van der Waals surface area contributed by atoms with Crippen LogP contribution in [0.5, 0.6) is 0 Å². The second-order valence-corrected chi connectivity index (χ2v) is 6.18. The van der Waals surface area contributed by atoms with E-state index in [1.54, 1.807) is 0 Å². The highest BCUT2D eigenvalue weighted by molar-refractivity contribution is 5.69. The highest BCUT2D eigenvalue weighted by Crippen LogP contribution is 2.01. The lowest BCUT2D eigenvalue weighted by atomic mass is 10.1. The Morgan fingerprint density at radius 2 is 1.26 bits per heavy atom. The molecule has 0 heterocycles. The van der Waals surface area contributed by atoms with Gasteiger partial charge >= 0.3 is 11.9 Å². The van der Waals surface area contributed by atoms with Crippen molar-refractivity contribution in [1.29, 1.82) is 0 Å². The van der Waals surface area contributed by atoms with Crippen LogP contribution in [0.1, 0.15) is 92.4 Å². The van der Waals surface area contributed by atoms with Gasteiger partial charge in [-0.15, -0.1) is 0 Å². The monoisotopic (exact) mass is 330 g/mol. The highest BCUT2D eigenvalue weighted by Gasteiger charge is 2.00. The van der Waals surface area contributed by atoms with E-state index in [0.717, 1.165) is 25.7 Å². The van der Waals surface area contributed by atoms with E-state index in [9.17, 15) is 9.59 Å². The molecule has 0 spiro atoms. The third-order valence-electron chi connectivity index (χ3n) is 3.13. The molecule has 0 aliphatic rings. The molecule has 0 N–H and O–H groups in total. The maximum absolute atomic E-state index is 10.9. The molecule has 23 heavy (non-hydrogen) atoms. The first-order valence-corrected chi connectivity index (χ1v) is 9.29. The largest absolute Gasteiger partial charge is 0.466 e. The Labute approximate surface area is 143 Å². The third kappa shape index (κ3) is 23.3. The Hall–Kier alpha value is -1.06. The molecular formula is C19H38O4. The standard InChI is InChI=1S/C10H20O2.C9H18O2/c1-3-5-6-7-9-12-10(11)8-4-2;1-4-5-9(10)11-7-6-8(2)3/h3-9H2,1-2H3;8H,4-7H2,1-3H3. The van der Waals surface area contributed by atoms with E-state index in [0.29, 0.717) is 32.0 Å². The lowest BCUT2D eigenvalue weighted by molar-refractivity contribution is -0.144. The van der Waals surface area contributed by atoms with E-state index in [4.69, 9.17) is 9.47 Å². The van der Waals surface area contributed by atoms with Crippen LogP contribution in [-0.2, 0) is 19.1 Å². The fraction of sp³-hybridized carbons (Fsp3) is 0.895. The number of unbranched alkanes of at least 4 members (excludes halogenated alkanes) is 3. The molecule has 0 saturated carbocycles. The Kier molecular flexibility index (Phi) is 20.0. The molecule has 0 radical (unpaired) electrons. The van der Waals surface area contributed by atoms with Crippen molar-refractivity contribution in [2.24, 2.45) is 5.92 Å². The minimum Gasteiger partial charge on any atom is -0.466 e. The van der Waals surface area contributed by atoms with Crippen LogP contribution in [0, 0.1) is 5.92 Å². The molecule has 0 aliphatic carbocycles. The molecule has 0 rings (SSSR count).